The third kappa shape index (κ3) is 9.97. The van der Waals surface area contributed by atoms with Gasteiger partial charge in [-0.15, -0.1) is 23.5 Å². The maximum Gasteiger partial charge on any atom is 0.408 e. The quantitative estimate of drug-likeness (QED) is 0.0792. The van der Waals surface area contributed by atoms with Gasteiger partial charge >= 0.3 is 6.09 Å². The van der Waals surface area contributed by atoms with Gasteiger partial charge in [0.1, 0.15) is 12.1 Å². The number of hydrogen-bond donors (Lipinski definition) is 3. The van der Waals surface area contributed by atoms with Crippen molar-refractivity contribution in [1.29, 1.82) is 0 Å². The first kappa shape index (κ1) is 43.8. The number of hydrogen-bond acceptors (Lipinski definition) is 5. The highest BCUT2D eigenvalue weighted by Crippen LogP contribution is 2.50. The molecule has 0 aliphatic rings. The molecule has 6 aromatic rings. The van der Waals surface area contributed by atoms with Crippen molar-refractivity contribution in [2.24, 2.45) is 5.41 Å². The number of carboxylic acid groups (broad SMARTS) is 1. The van der Waals surface area contributed by atoms with Crippen molar-refractivity contribution in [3.63, 3.8) is 0 Å². The molecule has 0 heterocycles. The van der Waals surface area contributed by atoms with Gasteiger partial charge in [-0.05, 0) is 38.8 Å². The van der Waals surface area contributed by atoms with Crippen molar-refractivity contribution in [2.45, 2.75) is 42.3 Å². The first-order valence-electron chi connectivity index (χ1n) is 20.1. The van der Waals surface area contributed by atoms with Gasteiger partial charge in [0.15, 0.2) is 0 Å². The van der Waals surface area contributed by atoms with E-state index in [2.05, 4.69) is 83.4 Å². The lowest BCUT2D eigenvalue weighted by molar-refractivity contribution is -0.130. The number of amides is 3. The molecule has 60 heavy (non-hydrogen) atoms. The van der Waals surface area contributed by atoms with Crippen LogP contribution in [-0.4, -0.2) is 65.1 Å². The Balaban J connectivity index is 1.42. The van der Waals surface area contributed by atoms with Crippen molar-refractivity contribution >= 4 is 41.4 Å². The lowest BCUT2D eigenvalue weighted by atomic mass is 9.84. The number of nitrogens with zero attached hydrogens (tertiary/aromatic N) is 1. The predicted molar refractivity (Wildman–Crippen MR) is 247 cm³/mol. The third-order valence-electron chi connectivity index (χ3n) is 10.5. The zero-order valence-electron chi connectivity index (χ0n) is 34.5. The Morgan fingerprint density at radius 1 is 0.517 bits per heavy atom. The fraction of sp³-hybridized carbons (Fsp3) is 0.235. The first-order chi connectivity index (χ1) is 29.0. The summed E-state index contributed by atoms with van der Waals surface area (Å²) in [7, 11) is 1.55. The summed E-state index contributed by atoms with van der Waals surface area (Å²) < 4.78 is -1.57. The fourth-order valence-corrected chi connectivity index (χ4v) is 10.9. The smallest absolute Gasteiger partial charge is 0.408 e. The molecule has 308 valence electrons. The van der Waals surface area contributed by atoms with Crippen molar-refractivity contribution in [1.82, 2.24) is 15.5 Å². The molecule has 0 aromatic heterocycles. The van der Waals surface area contributed by atoms with E-state index in [1.807, 2.05) is 130 Å². The number of benzene rings is 6. The summed E-state index contributed by atoms with van der Waals surface area (Å²) in [5.41, 5.74) is 5.54. The number of carbonyl (C=O) groups excluding carboxylic acids is 2. The Morgan fingerprint density at radius 3 is 1.08 bits per heavy atom. The summed E-state index contributed by atoms with van der Waals surface area (Å²) in [6.07, 6.45) is -1.21. The van der Waals surface area contributed by atoms with Gasteiger partial charge in [-0.1, -0.05) is 203 Å². The van der Waals surface area contributed by atoms with E-state index >= 15 is 4.79 Å². The zero-order valence-corrected chi connectivity index (χ0v) is 36.2. The van der Waals surface area contributed by atoms with Crippen LogP contribution in [0, 0.1) is 5.41 Å². The lowest BCUT2D eigenvalue weighted by Crippen LogP contribution is -2.57. The monoisotopic (exact) mass is 835 g/mol. The molecule has 3 amide bonds. The van der Waals surface area contributed by atoms with Crippen LogP contribution in [0.25, 0.3) is 0 Å². The van der Waals surface area contributed by atoms with E-state index in [4.69, 9.17) is 0 Å². The van der Waals surface area contributed by atoms with Gasteiger partial charge in [-0.2, -0.15) is 0 Å². The Morgan fingerprint density at radius 2 is 0.817 bits per heavy atom. The maximum absolute atomic E-state index is 15.0. The van der Waals surface area contributed by atoms with Gasteiger partial charge in [0.2, 0.25) is 11.8 Å². The zero-order chi connectivity index (χ0) is 42.6. The van der Waals surface area contributed by atoms with Crippen molar-refractivity contribution in [2.75, 3.05) is 25.1 Å². The van der Waals surface area contributed by atoms with Gasteiger partial charge in [-0.25, -0.2) is 4.79 Å². The molecule has 2 atom stereocenters. The molecular weight excluding hydrogens is 783 g/mol. The summed E-state index contributed by atoms with van der Waals surface area (Å²) >= 11 is 3.07. The van der Waals surface area contributed by atoms with Crippen LogP contribution in [0.5, 0.6) is 0 Å². The van der Waals surface area contributed by atoms with Crippen LogP contribution in [0.4, 0.5) is 4.79 Å². The molecule has 0 bridgehead atoms. The second-order valence-electron chi connectivity index (χ2n) is 15.8. The van der Waals surface area contributed by atoms with Crippen LogP contribution >= 0.6 is 23.5 Å². The maximum atomic E-state index is 15.0. The number of likely N-dealkylation sites (N-methyl/N-ethyl adjacent to an activating group) is 1. The minimum Gasteiger partial charge on any atom is -0.465 e. The molecule has 0 saturated carbocycles. The summed E-state index contributed by atoms with van der Waals surface area (Å²) in [5, 5.41) is 16.7. The van der Waals surface area contributed by atoms with E-state index in [1.165, 1.54) is 16.7 Å². The van der Waals surface area contributed by atoms with Crippen LogP contribution in [-0.2, 0) is 19.1 Å². The highest BCUT2D eigenvalue weighted by Gasteiger charge is 2.43. The SMILES string of the molecule is CNC(=O)[C@H](CSC(c1ccccc1)(c1ccccc1)c1ccccc1)NC(=O)[C@H](CSC(c1ccccc1)(c1ccccc1)c1ccccc1)N(CC(C)(C)C)C(=O)O. The highest BCUT2D eigenvalue weighted by atomic mass is 32.2. The Hall–Kier alpha value is -5.77. The third-order valence-corrected chi connectivity index (χ3v) is 13.7. The van der Waals surface area contributed by atoms with E-state index in [9.17, 15) is 14.7 Å². The summed E-state index contributed by atoms with van der Waals surface area (Å²) in [6, 6.07) is 58.7. The minimum absolute atomic E-state index is 0.0858. The van der Waals surface area contributed by atoms with Crippen LogP contribution in [0.15, 0.2) is 182 Å². The molecule has 0 fully saturated rings. The van der Waals surface area contributed by atoms with Crippen molar-refractivity contribution in [3.05, 3.63) is 215 Å². The highest BCUT2D eigenvalue weighted by molar-refractivity contribution is 8.01. The van der Waals surface area contributed by atoms with Gasteiger partial charge in [0, 0.05) is 25.1 Å². The Labute approximate surface area is 363 Å². The van der Waals surface area contributed by atoms with Crippen LogP contribution < -0.4 is 10.6 Å². The molecule has 0 aliphatic heterocycles. The molecule has 9 heteroatoms. The molecule has 0 unspecified atom stereocenters. The number of carbonyl (C=O) groups is 3. The Kier molecular flexibility index (Phi) is 14.6. The summed E-state index contributed by atoms with van der Waals surface area (Å²) in [4.78, 5) is 43.5. The lowest BCUT2D eigenvalue weighted by Gasteiger charge is -2.39. The van der Waals surface area contributed by atoms with E-state index in [0.29, 0.717) is 0 Å². The number of nitrogens with one attached hydrogen (secondary N) is 2. The van der Waals surface area contributed by atoms with E-state index in [0.717, 1.165) is 33.4 Å². The number of thioether (sulfide) groups is 2. The van der Waals surface area contributed by atoms with E-state index < -0.39 is 39.0 Å². The number of rotatable bonds is 17. The van der Waals surface area contributed by atoms with Crippen LogP contribution in [0.3, 0.4) is 0 Å². The molecule has 0 spiro atoms. The van der Waals surface area contributed by atoms with Crippen molar-refractivity contribution < 1.29 is 19.5 Å². The normalized spacial score (nSPS) is 12.8. The molecule has 6 rings (SSSR count). The average molecular weight is 836 g/mol. The van der Waals surface area contributed by atoms with Gasteiger partial charge in [-0.3, -0.25) is 14.5 Å². The molecular formula is C51H53N3O4S2. The summed E-state index contributed by atoms with van der Waals surface area (Å²) in [6.45, 7) is 5.95. The average Bonchev–Trinajstić information content (AvgIpc) is 3.28. The standard InChI is InChI=1S/C51H53N3O4S2/c1-49(2,3)37-54(48(57)58)45(36-60-51(41-29-17-8-18-30-41,42-31-19-9-20-32-42)43-33-21-10-22-34-43)47(56)53-44(46(55)52-4)35-59-50(38-23-11-5-12-24-38,39-25-13-6-14-26-39)40-27-15-7-16-28-40/h5-34,44-45H,35-37H2,1-4H3,(H,52,55)(H,53,56)(H,57,58)/t44-,45-/m0/s1. The second-order valence-corrected chi connectivity index (χ2v) is 18.3. The molecule has 0 saturated heterocycles. The van der Waals surface area contributed by atoms with Crippen LogP contribution in [0.1, 0.15) is 54.2 Å². The molecule has 3 N–H and O–H groups in total. The fourth-order valence-electron chi connectivity index (χ4n) is 7.70. The van der Waals surface area contributed by atoms with Gasteiger partial charge in [0.05, 0.1) is 9.49 Å². The molecule has 7 nitrogen and oxygen atoms in total. The van der Waals surface area contributed by atoms with Crippen LogP contribution in [0.2, 0.25) is 0 Å². The van der Waals surface area contributed by atoms with Gasteiger partial charge in [0.25, 0.3) is 0 Å². The molecule has 6 aromatic carbocycles. The topological polar surface area (TPSA) is 98.7 Å². The van der Waals surface area contributed by atoms with Gasteiger partial charge < -0.3 is 15.7 Å². The van der Waals surface area contributed by atoms with Crippen molar-refractivity contribution in [3.8, 4) is 0 Å². The largest absolute Gasteiger partial charge is 0.465 e. The molecule has 0 radical (unpaired) electrons. The Bertz CT molecular complexity index is 2080. The second kappa shape index (κ2) is 20.0. The predicted octanol–water partition coefficient (Wildman–Crippen LogP) is 10.1. The summed E-state index contributed by atoms with van der Waals surface area (Å²) in [5.74, 6) is -0.660. The van der Waals surface area contributed by atoms with E-state index in [1.54, 1.807) is 18.8 Å². The minimum atomic E-state index is -1.21. The first-order valence-corrected chi connectivity index (χ1v) is 22.1. The molecule has 0 aliphatic carbocycles. The van der Waals surface area contributed by atoms with E-state index in [-0.39, 0.29) is 24.0 Å².